The second-order valence-corrected chi connectivity index (χ2v) is 8.63. The number of nitrogens with zero attached hydrogens (tertiary/aromatic N) is 1. The van der Waals surface area contributed by atoms with Crippen molar-refractivity contribution in [3.63, 3.8) is 0 Å². The molecule has 0 bridgehead atoms. The highest BCUT2D eigenvalue weighted by Crippen LogP contribution is 2.32. The Morgan fingerprint density at radius 1 is 0.500 bits per heavy atom. The van der Waals surface area contributed by atoms with Crippen LogP contribution in [-0.2, 0) is 9.84 Å². The van der Waals surface area contributed by atoms with Crippen LogP contribution in [0.1, 0.15) is 0 Å². The van der Waals surface area contributed by atoms with E-state index in [1.165, 1.54) is 10.8 Å². The molecule has 0 radical (unpaired) electrons. The summed E-state index contributed by atoms with van der Waals surface area (Å²) in [5, 5.41) is 2.36. The average Bonchev–Trinajstić information content (AvgIpc) is 3.09. The molecule has 3 nitrogen and oxygen atoms in total. The van der Waals surface area contributed by atoms with Gasteiger partial charge in [0.25, 0.3) is 0 Å². The quantitative estimate of drug-likeness (QED) is 0.406. The number of hydrogen-bond donors (Lipinski definition) is 0. The molecule has 0 saturated heterocycles. The van der Waals surface area contributed by atoms with Crippen molar-refractivity contribution in [3.05, 3.63) is 103 Å². The first-order chi connectivity index (χ1) is 13.7. The Balaban J connectivity index is 1.68. The molecule has 28 heavy (non-hydrogen) atoms. The largest absolute Gasteiger partial charge is 0.309 e. The van der Waals surface area contributed by atoms with Crippen LogP contribution in [0.5, 0.6) is 0 Å². The summed E-state index contributed by atoms with van der Waals surface area (Å²) < 4.78 is 27.9. The Kier molecular flexibility index (Phi) is 3.81. The molecule has 0 aliphatic rings. The van der Waals surface area contributed by atoms with Crippen LogP contribution < -0.4 is 0 Å². The Hall–Kier alpha value is -3.37. The van der Waals surface area contributed by atoms with Crippen molar-refractivity contribution < 1.29 is 8.42 Å². The van der Waals surface area contributed by atoms with Crippen LogP contribution in [0.3, 0.4) is 0 Å². The molecule has 4 heteroatoms. The lowest BCUT2D eigenvalue weighted by atomic mass is 10.2. The van der Waals surface area contributed by atoms with E-state index in [-0.39, 0.29) is 0 Å². The SMILES string of the molecule is O=S(=O)(c1ccccc1)c1ccc(-n2c3ccccc3c3ccccc32)cc1. The number of sulfone groups is 1. The van der Waals surface area contributed by atoms with Gasteiger partial charge in [-0.25, -0.2) is 8.42 Å². The van der Waals surface area contributed by atoms with Crippen molar-refractivity contribution in [3.8, 4) is 5.69 Å². The van der Waals surface area contributed by atoms with Gasteiger partial charge in [0, 0.05) is 16.5 Å². The minimum absolute atomic E-state index is 0.295. The first-order valence-electron chi connectivity index (χ1n) is 9.05. The van der Waals surface area contributed by atoms with Gasteiger partial charge in [0.2, 0.25) is 9.84 Å². The topological polar surface area (TPSA) is 39.1 Å². The highest BCUT2D eigenvalue weighted by molar-refractivity contribution is 7.91. The van der Waals surface area contributed by atoms with E-state index in [2.05, 4.69) is 28.8 Å². The van der Waals surface area contributed by atoms with Gasteiger partial charge < -0.3 is 4.57 Å². The van der Waals surface area contributed by atoms with E-state index in [4.69, 9.17) is 0 Å². The Morgan fingerprint density at radius 3 is 1.54 bits per heavy atom. The lowest BCUT2D eigenvalue weighted by Gasteiger charge is -2.09. The highest BCUT2D eigenvalue weighted by atomic mass is 32.2. The number of para-hydroxylation sites is 2. The number of aromatic nitrogens is 1. The molecule has 0 N–H and O–H groups in total. The number of fused-ring (bicyclic) bond motifs is 3. The van der Waals surface area contributed by atoms with Crippen LogP contribution >= 0.6 is 0 Å². The van der Waals surface area contributed by atoms with E-state index in [0.29, 0.717) is 9.79 Å². The van der Waals surface area contributed by atoms with Gasteiger partial charge >= 0.3 is 0 Å². The molecule has 0 spiro atoms. The van der Waals surface area contributed by atoms with E-state index in [1.54, 1.807) is 36.4 Å². The van der Waals surface area contributed by atoms with Crippen LogP contribution in [0.4, 0.5) is 0 Å². The molecule has 5 aromatic rings. The maximum absolute atomic E-state index is 12.8. The summed E-state index contributed by atoms with van der Waals surface area (Å²) in [5.74, 6) is 0. The molecule has 0 saturated carbocycles. The van der Waals surface area contributed by atoms with E-state index < -0.39 is 9.84 Å². The van der Waals surface area contributed by atoms with E-state index >= 15 is 0 Å². The molecule has 136 valence electrons. The maximum Gasteiger partial charge on any atom is 0.206 e. The summed E-state index contributed by atoms with van der Waals surface area (Å²) >= 11 is 0. The zero-order valence-corrected chi connectivity index (χ0v) is 15.8. The molecular formula is C24H17NO2S. The minimum atomic E-state index is -3.52. The summed E-state index contributed by atoms with van der Waals surface area (Å²) in [5.41, 5.74) is 3.13. The molecule has 0 atom stereocenters. The van der Waals surface area contributed by atoms with Crippen molar-refractivity contribution in [1.29, 1.82) is 0 Å². The van der Waals surface area contributed by atoms with E-state index in [0.717, 1.165) is 16.7 Å². The van der Waals surface area contributed by atoms with Crippen LogP contribution in [-0.4, -0.2) is 13.0 Å². The molecule has 0 fully saturated rings. The van der Waals surface area contributed by atoms with Crippen molar-refractivity contribution in [1.82, 2.24) is 4.57 Å². The summed E-state index contributed by atoms with van der Waals surface area (Å²) in [6.07, 6.45) is 0. The molecule has 1 aromatic heterocycles. The highest BCUT2D eigenvalue weighted by Gasteiger charge is 2.18. The fourth-order valence-electron chi connectivity index (χ4n) is 3.71. The number of benzene rings is 4. The van der Waals surface area contributed by atoms with Crippen molar-refractivity contribution in [2.75, 3.05) is 0 Å². The molecule has 5 rings (SSSR count). The first-order valence-corrected chi connectivity index (χ1v) is 10.5. The third kappa shape index (κ3) is 2.53. The number of hydrogen-bond acceptors (Lipinski definition) is 2. The van der Waals surface area contributed by atoms with Gasteiger partial charge in [0.1, 0.15) is 0 Å². The second kappa shape index (κ2) is 6.36. The summed E-state index contributed by atoms with van der Waals surface area (Å²) in [6, 6.07) is 32.1. The Morgan fingerprint density at radius 2 is 0.964 bits per heavy atom. The van der Waals surface area contributed by atoms with Gasteiger partial charge in [0.15, 0.2) is 0 Å². The van der Waals surface area contributed by atoms with Crippen molar-refractivity contribution in [2.45, 2.75) is 9.79 Å². The van der Waals surface area contributed by atoms with Gasteiger partial charge in [-0.15, -0.1) is 0 Å². The van der Waals surface area contributed by atoms with Crippen molar-refractivity contribution in [2.24, 2.45) is 0 Å². The standard InChI is InChI=1S/C24H17NO2S/c26-28(27,19-8-2-1-3-9-19)20-16-14-18(15-17-20)25-23-12-6-4-10-21(23)22-11-5-7-13-24(22)25/h1-17H. The second-order valence-electron chi connectivity index (χ2n) is 6.68. The van der Waals surface area contributed by atoms with Gasteiger partial charge in [0.05, 0.1) is 20.8 Å². The van der Waals surface area contributed by atoms with E-state index in [9.17, 15) is 8.42 Å². The monoisotopic (exact) mass is 383 g/mol. The predicted molar refractivity (Wildman–Crippen MR) is 113 cm³/mol. The minimum Gasteiger partial charge on any atom is -0.309 e. The smallest absolute Gasteiger partial charge is 0.206 e. The summed E-state index contributed by atoms with van der Waals surface area (Å²) in [4.78, 5) is 0.600. The molecule has 0 aliphatic carbocycles. The van der Waals surface area contributed by atoms with Crippen molar-refractivity contribution >= 4 is 31.6 Å². The molecular weight excluding hydrogens is 366 g/mol. The average molecular weight is 383 g/mol. The fourth-order valence-corrected chi connectivity index (χ4v) is 4.99. The first kappa shape index (κ1) is 16.8. The third-order valence-electron chi connectivity index (χ3n) is 5.04. The van der Waals surface area contributed by atoms with Crippen LogP contribution in [0.2, 0.25) is 0 Å². The van der Waals surface area contributed by atoms with Crippen LogP contribution in [0.25, 0.3) is 27.5 Å². The van der Waals surface area contributed by atoms with Gasteiger partial charge in [-0.3, -0.25) is 0 Å². The molecule has 0 aliphatic heterocycles. The Labute approximate surface area is 163 Å². The lowest BCUT2D eigenvalue weighted by Crippen LogP contribution is -2.02. The molecule has 0 amide bonds. The molecule has 4 aromatic carbocycles. The molecule has 0 unspecified atom stereocenters. The van der Waals surface area contributed by atoms with Gasteiger partial charge in [-0.05, 0) is 48.5 Å². The third-order valence-corrected chi connectivity index (χ3v) is 6.82. The maximum atomic E-state index is 12.8. The van der Waals surface area contributed by atoms with Gasteiger partial charge in [-0.1, -0.05) is 54.6 Å². The van der Waals surface area contributed by atoms with Crippen LogP contribution in [0, 0.1) is 0 Å². The van der Waals surface area contributed by atoms with Gasteiger partial charge in [-0.2, -0.15) is 0 Å². The zero-order chi connectivity index (χ0) is 19.1. The van der Waals surface area contributed by atoms with Crippen LogP contribution in [0.15, 0.2) is 113 Å². The number of rotatable bonds is 3. The zero-order valence-electron chi connectivity index (χ0n) is 15.0. The lowest BCUT2D eigenvalue weighted by molar-refractivity contribution is 0.596. The Bertz CT molecular complexity index is 1350. The fraction of sp³-hybridized carbons (Fsp3) is 0. The predicted octanol–water partition coefficient (Wildman–Crippen LogP) is 5.62. The van der Waals surface area contributed by atoms with E-state index in [1.807, 2.05) is 42.5 Å². The summed E-state index contributed by atoms with van der Waals surface area (Å²) in [6.45, 7) is 0. The normalized spacial score (nSPS) is 11.9. The molecule has 1 heterocycles. The summed E-state index contributed by atoms with van der Waals surface area (Å²) in [7, 11) is -3.52.